The number of carbonyl (C=O) groups excluding carboxylic acids is 1. The summed E-state index contributed by atoms with van der Waals surface area (Å²) in [5.41, 5.74) is 7.20. The van der Waals surface area contributed by atoms with E-state index in [0.29, 0.717) is 10.7 Å². The van der Waals surface area contributed by atoms with Crippen LogP contribution in [0.15, 0.2) is 53.9 Å². The molecule has 4 aromatic rings. The number of para-hydroxylation sites is 1. The lowest BCUT2D eigenvalue weighted by Gasteiger charge is -2.16. The fraction of sp³-hybridized carbons (Fsp3) is 0.208. The first-order chi connectivity index (χ1) is 14.2. The minimum Gasteiger partial charge on any atom is -0.298 e. The molecule has 0 aliphatic heterocycles. The second kappa shape index (κ2) is 7.41. The van der Waals surface area contributed by atoms with Crippen molar-refractivity contribution in [3.8, 4) is 11.3 Å². The Hall–Kier alpha value is -3.05. The Morgan fingerprint density at radius 1 is 1.00 bits per heavy atom. The minimum absolute atomic E-state index is 0.155. The largest absolute Gasteiger partial charge is 0.298 e. The highest BCUT2D eigenvalue weighted by Gasteiger charge is 2.15. The molecule has 0 unspecified atom stereocenters. The predicted octanol–water partition coefficient (Wildman–Crippen LogP) is 5.80. The zero-order valence-electron chi connectivity index (χ0n) is 16.2. The molecule has 0 fully saturated rings. The molecule has 29 heavy (non-hydrogen) atoms. The molecule has 5 rings (SSSR count). The Labute approximate surface area is 173 Å². The molecule has 0 bridgehead atoms. The average Bonchev–Trinajstić information content (AvgIpc) is 3.21. The fourth-order valence-electron chi connectivity index (χ4n) is 4.02. The molecule has 1 aliphatic carbocycles. The summed E-state index contributed by atoms with van der Waals surface area (Å²) in [4.78, 5) is 22.1. The van der Waals surface area contributed by atoms with E-state index in [9.17, 15) is 4.79 Å². The number of pyridine rings is 1. The van der Waals surface area contributed by atoms with Gasteiger partial charge >= 0.3 is 0 Å². The molecule has 0 spiro atoms. The molecule has 0 atom stereocenters. The zero-order chi connectivity index (χ0) is 19.8. The molecule has 144 valence electrons. The Morgan fingerprint density at radius 3 is 2.72 bits per heavy atom. The van der Waals surface area contributed by atoms with Gasteiger partial charge in [0.1, 0.15) is 0 Å². The van der Waals surface area contributed by atoms with E-state index in [1.54, 1.807) is 0 Å². The maximum atomic E-state index is 12.9. The Kier molecular flexibility index (Phi) is 4.60. The number of aromatic nitrogens is 2. The van der Waals surface area contributed by atoms with Crippen LogP contribution in [-0.2, 0) is 12.8 Å². The van der Waals surface area contributed by atoms with Crippen LogP contribution >= 0.6 is 11.3 Å². The van der Waals surface area contributed by atoms with Gasteiger partial charge in [-0.25, -0.2) is 4.98 Å². The van der Waals surface area contributed by atoms with Gasteiger partial charge in [-0.2, -0.15) is 0 Å². The van der Waals surface area contributed by atoms with Gasteiger partial charge in [0.2, 0.25) is 0 Å². The summed E-state index contributed by atoms with van der Waals surface area (Å²) in [5.74, 6) is -0.155. The van der Waals surface area contributed by atoms with Crippen molar-refractivity contribution in [2.75, 3.05) is 5.32 Å². The summed E-state index contributed by atoms with van der Waals surface area (Å²) in [7, 11) is 0. The van der Waals surface area contributed by atoms with Crippen molar-refractivity contribution < 1.29 is 4.79 Å². The first-order valence-electron chi connectivity index (χ1n) is 9.93. The number of fused-ring (bicyclic) bond motifs is 2. The topological polar surface area (TPSA) is 54.9 Å². The van der Waals surface area contributed by atoms with E-state index in [-0.39, 0.29) is 5.91 Å². The van der Waals surface area contributed by atoms with Gasteiger partial charge in [0.25, 0.3) is 5.91 Å². The molecule has 0 radical (unpaired) electrons. The number of anilines is 1. The standard InChI is InChI=1S/C24H21N3OS/c1-15-12-20(19-8-4-5-9-21(19)25-15)23(28)27-24-26-22(14-29-24)18-11-10-16-6-2-3-7-17(16)13-18/h4-5,8-14H,2-3,6-7H2,1H3,(H,26,27,28). The predicted molar refractivity (Wildman–Crippen MR) is 119 cm³/mol. The Balaban J connectivity index is 1.41. The summed E-state index contributed by atoms with van der Waals surface area (Å²) in [6.07, 6.45) is 4.86. The summed E-state index contributed by atoms with van der Waals surface area (Å²) >= 11 is 1.46. The van der Waals surface area contributed by atoms with Gasteiger partial charge in [-0.15, -0.1) is 11.3 Å². The smallest absolute Gasteiger partial charge is 0.258 e. The normalized spacial score (nSPS) is 13.3. The van der Waals surface area contributed by atoms with Crippen molar-refractivity contribution in [3.63, 3.8) is 0 Å². The van der Waals surface area contributed by atoms with Gasteiger partial charge in [0.05, 0.1) is 16.8 Å². The van der Waals surface area contributed by atoms with Crippen LogP contribution in [-0.4, -0.2) is 15.9 Å². The highest BCUT2D eigenvalue weighted by Crippen LogP contribution is 2.30. The van der Waals surface area contributed by atoms with Crippen LogP contribution in [0.4, 0.5) is 5.13 Å². The number of thiazole rings is 1. The van der Waals surface area contributed by atoms with Crippen LogP contribution in [0.5, 0.6) is 0 Å². The van der Waals surface area contributed by atoms with Crippen LogP contribution in [0.25, 0.3) is 22.2 Å². The third-order valence-electron chi connectivity index (χ3n) is 5.46. The molecular formula is C24H21N3OS. The molecule has 1 N–H and O–H groups in total. The molecule has 2 aromatic carbocycles. The van der Waals surface area contributed by atoms with Crippen LogP contribution in [0.2, 0.25) is 0 Å². The van der Waals surface area contributed by atoms with E-state index in [4.69, 9.17) is 0 Å². The second-order valence-electron chi connectivity index (χ2n) is 7.51. The number of nitrogens with zero attached hydrogens (tertiary/aromatic N) is 2. The number of carbonyl (C=O) groups is 1. The average molecular weight is 400 g/mol. The van der Waals surface area contributed by atoms with Gasteiger partial charge < -0.3 is 0 Å². The molecule has 1 amide bonds. The highest BCUT2D eigenvalue weighted by molar-refractivity contribution is 7.14. The summed E-state index contributed by atoms with van der Waals surface area (Å²) in [6, 6.07) is 16.2. The van der Waals surface area contributed by atoms with E-state index in [2.05, 4.69) is 33.5 Å². The fourth-order valence-corrected chi connectivity index (χ4v) is 4.73. The number of amides is 1. The molecule has 1 aliphatic rings. The van der Waals surface area contributed by atoms with Gasteiger partial charge in [0, 0.05) is 22.0 Å². The third kappa shape index (κ3) is 3.54. The van der Waals surface area contributed by atoms with Gasteiger partial charge in [0.15, 0.2) is 5.13 Å². The second-order valence-corrected chi connectivity index (χ2v) is 8.37. The summed E-state index contributed by atoms with van der Waals surface area (Å²) < 4.78 is 0. The quantitative estimate of drug-likeness (QED) is 0.474. The van der Waals surface area contributed by atoms with E-state index in [1.807, 2.05) is 42.6 Å². The number of nitrogens with one attached hydrogen (secondary N) is 1. The van der Waals surface area contributed by atoms with Gasteiger partial charge in [-0.05, 0) is 61.9 Å². The van der Waals surface area contributed by atoms with Crippen LogP contribution in [0.1, 0.15) is 40.0 Å². The lowest BCUT2D eigenvalue weighted by atomic mass is 9.90. The lowest BCUT2D eigenvalue weighted by molar-refractivity contribution is 0.102. The number of aryl methyl sites for hydroxylation is 3. The van der Waals surface area contributed by atoms with Gasteiger partial charge in [-0.3, -0.25) is 15.1 Å². The monoisotopic (exact) mass is 399 g/mol. The number of hydrogen-bond acceptors (Lipinski definition) is 4. The maximum Gasteiger partial charge on any atom is 0.258 e. The minimum atomic E-state index is -0.155. The van der Waals surface area contributed by atoms with Crippen molar-refractivity contribution in [3.05, 3.63) is 76.3 Å². The van der Waals surface area contributed by atoms with E-state index >= 15 is 0 Å². The van der Waals surface area contributed by atoms with Crippen molar-refractivity contribution in [1.29, 1.82) is 0 Å². The SMILES string of the molecule is Cc1cc(C(=O)Nc2nc(-c3ccc4c(c3)CCCC4)cs2)c2ccccc2n1. The first-order valence-corrected chi connectivity index (χ1v) is 10.8. The Bertz CT molecular complexity index is 1230. The van der Waals surface area contributed by atoms with Crippen LogP contribution in [0, 0.1) is 6.92 Å². The van der Waals surface area contributed by atoms with Crippen LogP contribution in [0.3, 0.4) is 0 Å². The zero-order valence-corrected chi connectivity index (χ0v) is 17.1. The summed E-state index contributed by atoms with van der Waals surface area (Å²) in [6.45, 7) is 1.90. The number of benzene rings is 2. The van der Waals surface area contributed by atoms with Crippen molar-refractivity contribution in [2.24, 2.45) is 0 Å². The maximum absolute atomic E-state index is 12.9. The molecule has 4 nitrogen and oxygen atoms in total. The molecule has 0 saturated carbocycles. The van der Waals surface area contributed by atoms with Crippen molar-refractivity contribution in [1.82, 2.24) is 9.97 Å². The first kappa shape index (κ1) is 18.0. The van der Waals surface area contributed by atoms with Crippen molar-refractivity contribution >= 4 is 33.3 Å². The third-order valence-corrected chi connectivity index (χ3v) is 6.22. The highest BCUT2D eigenvalue weighted by atomic mass is 32.1. The van der Waals surface area contributed by atoms with E-state index in [0.717, 1.165) is 34.3 Å². The van der Waals surface area contributed by atoms with Crippen molar-refractivity contribution in [2.45, 2.75) is 32.6 Å². The lowest BCUT2D eigenvalue weighted by Crippen LogP contribution is -2.13. The molecule has 2 heterocycles. The van der Waals surface area contributed by atoms with E-state index < -0.39 is 0 Å². The summed E-state index contributed by atoms with van der Waals surface area (Å²) in [5, 5.41) is 6.44. The van der Waals surface area contributed by atoms with Gasteiger partial charge in [-0.1, -0.05) is 30.3 Å². The van der Waals surface area contributed by atoms with E-state index in [1.165, 1.54) is 41.7 Å². The van der Waals surface area contributed by atoms with Crippen LogP contribution < -0.4 is 5.32 Å². The Morgan fingerprint density at radius 2 is 1.83 bits per heavy atom. The number of rotatable bonds is 3. The molecular weight excluding hydrogens is 378 g/mol. The molecule has 5 heteroatoms. The molecule has 0 saturated heterocycles. The number of hydrogen-bond donors (Lipinski definition) is 1. The molecule has 2 aromatic heterocycles.